The Kier molecular flexibility index (Phi) is 4.32. The molecule has 17 heavy (non-hydrogen) atoms. The number of anilines is 1. The van der Waals surface area contributed by atoms with Crippen LogP contribution in [-0.2, 0) is 4.79 Å². The average molecular weight is 233 g/mol. The number of hydrogen-bond donors (Lipinski definition) is 2. The normalized spacial score (nSPS) is 11.4. The third-order valence-electron chi connectivity index (χ3n) is 2.80. The Bertz CT molecular complexity index is 438. The lowest BCUT2D eigenvalue weighted by Gasteiger charge is -2.10. The number of rotatable bonds is 4. The molecule has 0 radical (unpaired) electrons. The number of benzene rings is 1. The molecule has 1 rings (SSSR count). The van der Waals surface area contributed by atoms with Crippen molar-refractivity contribution in [2.75, 3.05) is 12.4 Å². The summed E-state index contributed by atoms with van der Waals surface area (Å²) in [5, 5.41) is 12.1. The van der Waals surface area contributed by atoms with Crippen molar-refractivity contribution in [1.82, 2.24) is 0 Å². The molecule has 0 heterocycles. The average Bonchev–Trinajstić information content (AvgIpc) is 2.25. The van der Waals surface area contributed by atoms with Gasteiger partial charge in [-0.05, 0) is 55.2 Å². The summed E-state index contributed by atoms with van der Waals surface area (Å²) in [4.78, 5) is 10.9. The van der Waals surface area contributed by atoms with Gasteiger partial charge in [0.25, 0.3) is 0 Å². The van der Waals surface area contributed by atoms with E-state index in [2.05, 4.69) is 5.32 Å². The molecule has 0 aromatic heterocycles. The second kappa shape index (κ2) is 5.53. The first-order chi connectivity index (χ1) is 7.99. The summed E-state index contributed by atoms with van der Waals surface area (Å²) in [7, 11) is 1.89. The van der Waals surface area contributed by atoms with Crippen molar-refractivity contribution in [2.45, 2.75) is 27.2 Å². The van der Waals surface area contributed by atoms with Crippen molar-refractivity contribution < 1.29 is 9.90 Å². The van der Waals surface area contributed by atoms with Crippen molar-refractivity contribution in [3.8, 4) is 0 Å². The Hall–Kier alpha value is -1.77. The lowest BCUT2D eigenvalue weighted by Crippen LogP contribution is -2.00. The summed E-state index contributed by atoms with van der Waals surface area (Å²) < 4.78 is 0. The first kappa shape index (κ1) is 13.3. The number of nitrogens with one attached hydrogen (secondary N) is 1. The highest BCUT2D eigenvalue weighted by molar-refractivity contribution is 5.92. The maximum atomic E-state index is 10.9. The van der Waals surface area contributed by atoms with Crippen LogP contribution in [0.3, 0.4) is 0 Å². The molecule has 1 aromatic carbocycles. The molecule has 0 aliphatic carbocycles. The van der Waals surface area contributed by atoms with Gasteiger partial charge in [-0.15, -0.1) is 0 Å². The molecule has 92 valence electrons. The van der Waals surface area contributed by atoms with E-state index in [4.69, 9.17) is 5.11 Å². The van der Waals surface area contributed by atoms with Gasteiger partial charge in [-0.2, -0.15) is 0 Å². The highest BCUT2D eigenvalue weighted by Gasteiger charge is 2.06. The zero-order chi connectivity index (χ0) is 13.0. The van der Waals surface area contributed by atoms with Crippen LogP contribution in [0.1, 0.15) is 30.0 Å². The second-order valence-electron chi connectivity index (χ2n) is 4.11. The van der Waals surface area contributed by atoms with Crippen molar-refractivity contribution in [1.29, 1.82) is 0 Å². The Morgan fingerprint density at radius 1 is 1.35 bits per heavy atom. The van der Waals surface area contributed by atoms with Crippen molar-refractivity contribution in [3.05, 3.63) is 34.4 Å². The van der Waals surface area contributed by atoms with Gasteiger partial charge < -0.3 is 10.4 Å². The number of carbonyl (C=O) groups is 1. The minimum atomic E-state index is -0.847. The van der Waals surface area contributed by atoms with Crippen LogP contribution in [-0.4, -0.2) is 18.1 Å². The molecule has 0 aliphatic rings. The molecule has 3 heteroatoms. The fourth-order valence-electron chi connectivity index (χ4n) is 1.99. The maximum Gasteiger partial charge on any atom is 0.331 e. The van der Waals surface area contributed by atoms with Crippen LogP contribution in [0.15, 0.2) is 17.7 Å². The fourth-order valence-corrected chi connectivity index (χ4v) is 1.99. The minimum Gasteiger partial charge on any atom is -0.478 e. The van der Waals surface area contributed by atoms with Gasteiger partial charge in [0.15, 0.2) is 0 Å². The fraction of sp³-hybridized carbons (Fsp3) is 0.357. The maximum absolute atomic E-state index is 10.9. The summed E-state index contributed by atoms with van der Waals surface area (Å²) in [5.74, 6) is -0.847. The van der Waals surface area contributed by atoms with Gasteiger partial charge in [-0.1, -0.05) is 6.92 Å². The summed E-state index contributed by atoms with van der Waals surface area (Å²) in [6.45, 7) is 5.88. The van der Waals surface area contributed by atoms with Crippen molar-refractivity contribution in [3.63, 3.8) is 0 Å². The molecule has 0 aliphatic heterocycles. The highest BCUT2D eigenvalue weighted by atomic mass is 16.4. The summed E-state index contributed by atoms with van der Waals surface area (Å²) in [5.41, 5.74) is 4.73. The molecule has 0 saturated carbocycles. The third kappa shape index (κ3) is 3.09. The van der Waals surface area contributed by atoms with E-state index < -0.39 is 5.97 Å². The molecule has 0 unspecified atom stereocenters. The van der Waals surface area contributed by atoms with E-state index in [1.54, 1.807) is 6.08 Å². The molecule has 1 aromatic rings. The van der Waals surface area contributed by atoms with Gasteiger partial charge in [0, 0.05) is 18.3 Å². The number of hydrogen-bond acceptors (Lipinski definition) is 2. The highest BCUT2D eigenvalue weighted by Crippen LogP contribution is 2.23. The van der Waals surface area contributed by atoms with Crippen LogP contribution in [0.4, 0.5) is 5.69 Å². The van der Waals surface area contributed by atoms with Crippen LogP contribution in [0.2, 0.25) is 0 Å². The topological polar surface area (TPSA) is 49.3 Å². The van der Waals surface area contributed by atoms with Gasteiger partial charge in [-0.3, -0.25) is 0 Å². The predicted molar refractivity (Wildman–Crippen MR) is 71.4 cm³/mol. The monoisotopic (exact) mass is 233 g/mol. The molecule has 0 fully saturated rings. The van der Waals surface area contributed by atoms with Crippen LogP contribution < -0.4 is 5.32 Å². The zero-order valence-corrected chi connectivity index (χ0v) is 10.8. The quantitative estimate of drug-likeness (QED) is 0.785. The molecule has 0 amide bonds. The lowest BCUT2D eigenvalue weighted by molar-refractivity contribution is -0.132. The summed E-state index contributed by atoms with van der Waals surface area (Å²) >= 11 is 0. The van der Waals surface area contributed by atoms with Gasteiger partial charge in [0.1, 0.15) is 0 Å². The van der Waals surface area contributed by atoms with E-state index in [0.29, 0.717) is 12.0 Å². The largest absolute Gasteiger partial charge is 0.478 e. The second-order valence-corrected chi connectivity index (χ2v) is 4.11. The number of carboxylic acids is 1. The van der Waals surface area contributed by atoms with E-state index >= 15 is 0 Å². The van der Waals surface area contributed by atoms with Gasteiger partial charge >= 0.3 is 5.97 Å². The first-order valence-corrected chi connectivity index (χ1v) is 5.72. The van der Waals surface area contributed by atoms with Gasteiger partial charge in [0.05, 0.1) is 0 Å². The molecule has 0 atom stereocenters. The van der Waals surface area contributed by atoms with Gasteiger partial charge in [0.2, 0.25) is 0 Å². The molecule has 0 spiro atoms. The molecular formula is C14H19NO2. The van der Waals surface area contributed by atoms with E-state index in [0.717, 1.165) is 22.4 Å². The SMILES string of the molecule is CCC(=Cc1cc(C)c(NC)c(C)c1)C(=O)O. The standard InChI is InChI=1S/C14H19NO2/c1-5-12(14(16)17)8-11-6-9(2)13(15-4)10(3)7-11/h6-8,15H,5H2,1-4H3,(H,16,17). The Morgan fingerprint density at radius 3 is 2.24 bits per heavy atom. The third-order valence-corrected chi connectivity index (χ3v) is 2.80. The van der Waals surface area contributed by atoms with Crippen LogP contribution >= 0.6 is 0 Å². The predicted octanol–water partition coefficient (Wildman–Crippen LogP) is 3.22. The van der Waals surface area contributed by atoms with E-state index in [1.807, 2.05) is 40.0 Å². The first-order valence-electron chi connectivity index (χ1n) is 5.72. The Labute approximate surface area is 102 Å². The molecule has 0 bridgehead atoms. The summed E-state index contributed by atoms with van der Waals surface area (Å²) in [6.07, 6.45) is 2.27. The Balaban J connectivity index is 3.21. The van der Waals surface area contributed by atoms with Crippen molar-refractivity contribution >= 4 is 17.7 Å². The van der Waals surface area contributed by atoms with Crippen molar-refractivity contribution in [2.24, 2.45) is 0 Å². The molecule has 3 nitrogen and oxygen atoms in total. The van der Waals surface area contributed by atoms with Crippen LogP contribution in [0.5, 0.6) is 0 Å². The van der Waals surface area contributed by atoms with E-state index in [-0.39, 0.29) is 0 Å². The number of aryl methyl sites for hydroxylation is 2. The molecule has 0 saturated heterocycles. The summed E-state index contributed by atoms with van der Waals surface area (Å²) in [6, 6.07) is 3.99. The zero-order valence-electron chi connectivity index (χ0n) is 10.8. The molecular weight excluding hydrogens is 214 g/mol. The van der Waals surface area contributed by atoms with Crippen LogP contribution in [0, 0.1) is 13.8 Å². The number of carboxylic acid groups (broad SMARTS) is 1. The smallest absolute Gasteiger partial charge is 0.331 e. The van der Waals surface area contributed by atoms with Crippen LogP contribution in [0.25, 0.3) is 6.08 Å². The van der Waals surface area contributed by atoms with E-state index in [1.165, 1.54) is 0 Å². The minimum absolute atomic E-state index is 0.431. The Morgan fingerprint density at radius 2 is 1.88 bits per heavy atom. The molecule has 2 N–H and O–H groups in total. The van der Waals surface area contributed by atoms with E-state index in [9.17, 15) is 4.79 Å². The number of aliphatic carboxylic acids is 1. The lowest BCUT2D eigenvalue weighted by atomic mass is 10.0. The van der Waals surface area contributed by atoms with Gasteiger partial charge in [-0.25, -0.2) is 4.79 Å².